The number of anilines is 1. The third-order valence-electron chi connectivity index (χ3n) is 7.67. The second-order valence-electron chi connectivity index (χ2n) is 10.1. The van der Waals surface area contributed by atoms with Gasteiger partial charge in [0.1, 0.15) is 5.65 Å². The number of hydrogen-bond donors (Lipinski definition) is 2. The topological polar surface area (TPSA) is 51.0 Å². The van der Waals surface area contributed by atoms with E-state index in [2.05, 4.69) is 49.5 Å². The van der Waals surface area contributed by atoms with Gasteiger partial charge < -0.3 is 14.9 Å². The second kappa shape index (κ2) is 7.95. The van der Waals surface area contributed by atoms with Crippen LogP contribution in [0.15, 0.2) is 54.7 Å². The van der Waals surface area contributed by atoms with Crippen molar-refractivity contribution in [2.45, 2.75) is 12.8 Å². The number of aromatic amines is 2. The average Bonchev–Trinajstić information content (AvgIpc) is 3.63. The van der Waals surface area contributed by atoms with Crippen LogP contribution >= 0.6 is 0 Å². The first-order valence-electron chi connectivity index (χ1n) is 12.5. The molecule has 1 saturated heterocycles. The van der Waals surface area contributed by atoms with Gasteiger partial charge in [-0.05, 0) is 66.1 Å². The third kappa shape index (κ3) is 3.69. The molecule has 176 valence electrons. The van der Waals surface area contributed by atoms with E-state index < -0.39 is 0 Å². The molecule has 6 heteroatoms. The highest BCUT2D eigenvalue weighted by molar-refractivity contribution is 6.11. The Bertz CT molecular complexity index is 1620. The van der Waals surface area contributed by atoms with Crippen LogP contribution in [0, 0.1) is 11.9 Å². The molecule has 5 nitrogen and oxygen atoms in total. The lowest BCUT2D eigenvalue weighted by atomic mass is 10.0. The van der Waals surface area contributed by atoms with Crippen LogP contribution in [0.1, 0.15) is 12.8 Å². The number of hydrogen-bond acceptors (Lipinski definition) is 3. The van der Waals surface area contributed by atoms with E-state index in [0.29, 0.717) is 11.2 Å². The molecule has 2 aromatic carbocycles. The zero-order valence-electron chi connectivity index (χ0n) is 19.6. The molecule has 0 atom stereocenters. The number of piperazine rings is 1. The molecule has 3 aromatic heterocycles. The first kappa shape index (κ1) is 20.7. The van der Waals surface area contributed by atoms with Crippen LogP contribution in [-0.2, 0) is 0 Å². The monoisotopic (exact) mass is 465 g/mol. The standard InChI is InChI=1S/C29H28FN5/c1-18-23-16-27-25(14-21(23)8-9-31-18)26-15-24(28(30)33-29(26)32-27)20-4-6-22(7-5-20)35-12-10-34(11-13-35)17-19-2-3-19/h4-9,14-16,19,31H,1-3,10-13,17H2,(H,32,33). The van der Waals surface area contributed by atoms with Crippen molar-refractivity contribution in [2.75, 3.05) is 37.6 Å². The molecule has 1 aliphatic carbocycles. The van der Waals surface area contributed by atoms with E-state index in [9.17, 15) is 0 Å². The highest BCUT2D eigenvalue weighted by atomic mass is 19.1. The van der Waals surface area contributed by atoms with Crippen molar-refractivity contribution in [1.82, 2.24) is 19.9 Å². The minimum atomic E-state index is -0.363. The van der Waals surface area contributed by atoms with E-state index in [-0.39, 0.29) is 5.95 Å². The molecular weight excluding hydrogens is 437 g/mol. The summed E-state index contributed by atoms with van der Waals surface area (Å²) in [4.78, 5) is 15.7. The Morgan fingerprint density at radius 2 is 1.74 bits per heavy atom. The van der Waals surface area contributed by atoms with E-state index in [1.54, 1.807) is 0 Å². The van der Waals surface area contributed by atoms with Crippen molar-refractivity contribution in [2.24, 2.45) is 5.92 Å². The number of halogens is 1. The first-order chi connectivity index (χ1) is 17.1. The zero-order chi connectivity index (χ0) is 23.5. The number of rotatable bonds is 4. The predicted octanol–water partition coefficient (Wildman–Crippen LogP) is 5.23. The maximum absolute atomic E-state index is 15.2. The summed E-state index contributed by atoms with van der Waals surface area (Å²) in [7, 11) is 0. The van der Waals surface area contributed by atoms with Crippen LogP contribution in [0.2, 0.25) is 0 Å². The fourth-order valence-corrected chi connectivity index (χ4v) is 5.47. The number of aromatic nitrogens is 3. The van der Waals surface area contributed by atoms with Gasteiger partial charge in [-0.1, -0.05) is 18.7 Å². The Hall–Kier alpha value is -3.64. The number of nitrogens with one attached hydrogen (secondary N) is 2. The van der Waals surface area contributed by atoms with Gasteiger partial charge in [0.2, 0.25) is 5.95 Å². The molecule has 1 saturated carbocycles. The van der Waals surface area contributed by atoms with Crippen molar-refractivity contribution in [3.63, 3.8) is 0 Å². The highest BCUT2D eigenvalue weighted by Gasteiger charge is 2.26. The smallest absolute Gasteiger partial charge is 0.200 e. The van der Waals surface area contributed by atoms with Crippen LogP contribution in [-0.4, -0.2) is 52.6 Å². The molecule has 4 heterocycles. The number of benzene rings is 2. The maximum Gasteiger partial charge on any atom is 0.200 e. The van der Waals surface area contributed by atoms with Crippen LogP contribution in [0.5, 0.6) is 0 Å². The lowest BCUT2D eigenvalue weighted by Crippen LogP contribution is -2.47. The van der Waals surface area contributed by atoms with Crippen molar-refractivity contribution in [3.8, 4) is 11.1 Å². The third-order valence-corrected chi connectivity index (χ3v) is 7.67. The molecule has 2 fully saturated rings. The van der Waals surface area contributed by atoms with E-state index in [1.165, 1.54) is 25.1 Å². The Labute approximate surface area is 202 Å². The van der Waals surface area contributed by atoms with Gasteiger partial charge in [0.05, 0.1) is 5.52 Å². The Morgan fingerprint density at radius 3 is 2.51 bits per heavy atom. The fraction of sp³-hybridized carbons (Fsp3) is 0.276. The van der Waals surface area contributed by atoms with Gasteiger partial charge in [0.15, 0.2) is 0 Å². The Morgan fingerprint density at radius 1 is 0.943 bits per heavy atom. The summed E-state index contributed by atoms with van der Waals surface area (Å²) in [5, 5.41) is 4.89. The molecule has 7 rings (SSSR count). The zero-order valence-corrected chi connectivity index (χ0v) is 19.6. The van der Waals surface area contributed by atoms with Gasteiger partial charge in [-0.2, -0.15) is 4.39 Å². The minimum Gasteiger partial charge on any atom is -0.369 e. The second-order valence-corrected chi connectivity index (χ2v) is 10.1. The van der Waals surface area contributed by atoms with E-state index in [1.807, 2.05) is 36.5 Å². The normalized spacial score (nSPS) is 17.1. The molecule has 2 aliphatic rings. The average molecular weight is 466 g/mol. The van der Waals surface area contributed by atoms with Gasteiger partial charge in [0.25, 0.3) is 0 Å². The van der Waals surface area contributed by atoms with Gasteiger partial charge >= 0.3 is 0 Å². The summed E-state index contributed by atoms with van der Waals surface area (Å²) in [6.07, 6.45) is 4.70. The Balaban J connectivity index is 1.20. The maximum atomic E-state index is 15.2. The summed E-state index contributed by atoms with van der Waals surface area (Å²) < 4.78 is 15.2. The fourth-order valence-electron chi connectivity index (χ4n) is 5.47. The summed E-state index contributed by atoms with van der Waals surface area (Å²) in [6, 6.07) is 16.4. The summed E-state index contributed by atoms with van der Waals surface area (Å²) in [5.41, 5.74) is 4.03. The lowest BCUT2D eigenvalue weighted by Gasteiger charge is -2.36. The number of H-pyrrole nitrogens is 2. The summed E-state index contributed by atoms with van der Waals surface area (Å²) in [5.74, 6) is 0.579. The largest absolute Gasteiger partial charge is 0.369 e. The minimum absolute atomic E-state index is 0.363. The summed E-state index contributed by atoms with van der Waals surface area (Å²) >= 11 is 0. The van der Waals surface area contributed by atoms with Crippen LogP contribution in [0.4, 0.5) is 10.1 Å². The molecule has 2 N–H and O–H groups in total. The molecule has 0 spiro atoms. The van der Waals surface area contributed by atoms with Gasteiger partial charge in [-0.25, -0.2) is 4.98 Å². The Kier molecular flexibility index (Phi) is 4.71. The molecule has 0 amide bonds. The molecular formula is C29H28FN5. The highest BCUT2D eigenvalue weighted by Crippen LogP contribution is 2.33. The van der Waals surface area contributed by atoms with Gasteiger partial charge in [-0.15, -0.1) is 0 Å². The van der Waals surface area contributed by atoms with Crippen molar-refractivity contribution >= 4 is 45.0 Å². The quantitative estimate of drug-likeness (QED) is 0.358. The molecule has 1 aliphatic heterocycles. The molecule has 0 bridgehead atoms. The van der Waals surface area contributed by atoms with Crippen molar-refractivity contribution in [1.29, 1.82) is 0 Å². The molecule has 0 radical (unpaired) electrons. The predicted molar refractivity (Wildman–Crippen MR) is 142 cm³/mol. The number of fused-ring (bicyclic) bond motifs is 4. The number of nitrogens with zero attached hydrogens (tertiary/aromatic N) is 3. The van der Waals surface area contributed by atoms with E-state index >= 15 is 4.39 Å². The first-order valence-corrected chi connectivity index (χ1v) is 12.5. The van der Waals surface area contributed by atoms with E-state index in [4.69, 9.17) is 0 Å². The van der Waals surface area contributed by atoms with Crippen LogP contribution < -0.4 is 10.2 Å². The number of pyridine rings is 2. The van der Waals surface area contributed by atoms with Gasteiger partial charge in [-0.3, -0.25) is 4.90 Å². The van der Waals surface area contributed by atoms with E-state index in [0.717, 1.165) is 70.1 Å². The molecule has 0 unspecified atom stereocenters. The lowest BCUT2D eigenvalue weighted by molar-refractivity contribution is 0.248. The van der Waals surface area contributed by atoms with Crippen molar-refractivity contribution < 1.29 is 4.39 Å². The molecule has 5 aromatic rings. The summed E-state index contributed by atoms with van der Waals surface area (Å²) in [6.45, 7) is 9.68. The van der Waals surface area contributed by atoms with Crippen LogP contribution in [0.3, 0.4) is 0 Å². The van der Waals surface area contributed by atoms with Crippen LogP contribution in [0.25, 0.3) is 50.4 Å². The van der Waals surface area contributed by atoms with Gasteiger partial charge in [0, 0.05) is 71.7 Å². The SMILES string of the molecule is C=c1[nH]ccc2cc3c(cc12)nc1[nH]c(F)c(-c2ccc(N4CCN(CC5CC5)CC4)cc2)cc13. The molecule has 35 heavy (non-hydrogen) atoms. The van der Waals surface area contributed by atoms with Crippen molar-refractivity contribution in [3.05, 3.63) is 66.0 Å².